The van der Waals surface area contributed by atoms with Gasteiger partial charge < -0.3 is 19.9 Å². The third kappa shape index (κ3) is 8.03. The Kier molecular flexibility index (Phi) is 11.4. The van der Waals surface area contributed by atoms with Gasteiger partial charge in [0.05, 0.1) is 6.61 Å². The van der Waals surface area contributed by atoms with Crippen LogP contribution >= 0.6 is 39.1 Å². The van der Waals surface area contributed by atoms with E-state index in [1.807, 2.05) is 84.9 Å². The van der Waals surface area contributed by atoms with Crippen molar-refractivity contribution in [2.45, 2.75) is 30.4 Å². The molecule has 0 saturated carbocycles. The van der Waals surface area contributed by atoms with Crippen molar-refractivity contribution in [3.05, 3.63) is 170 Å². The first kappa shape index (κ1) is 34.7. The van der Waals surface area contributed by atoms with Crippen LogP contribution in [0.4, 0.5) is 0 Å². The van der Waals surface area contributed by atoms with Crippen molar-refractivity contribution in [3.8, 4) is 5.75 Å². The van der Waals surface area contributed by atoms with Crippen molar-refractivity contribution in [2.24, 2.45) is 4.99 Å². The van der Waals surface area contributed by atoms with Crippen LogP contribution in [0.2, 0.25) is 10.0 Å². The normalized spacial score (nSPS) is 17.0. The maximum absolute atomic E-state index is 15.0. The minimum atomic E-state index is -1.45. The topological polar surface area (TPSA) is 80.2 Å². The van der Waals surface area contributed by atoms with Crippen LogP contribution in [0, 0.1) is 0 Å². The Hall–Kier alpha value is -4.14. The molecule has 0 fully saturated rings. The molecule has 0 bridgehead atoms. The number of halogens is 3. The van der Waals surface area contributed by atoms with Gasteiger partial charge in [0, 0.05) is 57.6 Å². The highest BCUT2D eigenvalue weighted by Crippen LogP contribution is 2.46. The SMILES string of the molecule is O=C(NCC(c1ccccc1)c1ccccc1)[C@]1(Cc2ccccc2Br)N=C(c2ccc(OCCCO)cc2)O[C@@H]1c1ccc(Cl)cc1Cl. The molecule has 0 aromatic heterocycles. The number of aliphatic hydroxyl groups excluding tert-OH is 1. The Morgan fingerprint density at radius 1 is 0.898 bits per heavy atom. The average Bonchev–Trinajstić information content (AvgIpc) is 3.50. The van der Waals surface area contributed by atoms with Gasteiger partial charge in [-0.15, -0.1) is 0 Å². The lowest BCUT2D eigenvalue weighted by Crippen LogP contribution is -2.51. The summed E-state index contributed by atoms with van der Waals surface area (Å²) in [6, 6.07) is 40.6. The summed E-state index contributed by atoms with van der Waals surface area (Å²) in [4.78, 5) is 20.1. The summed E-state index contributed by atoms with van der Waals surface area (Å²) < 4.78 is 13.3. The van der Waals surface area contributed by atoms with Gasteiger partial charge in [-0.25, -0.2) is 4.99 Å². The summed E-state index contributed by atoms with van der Waals surface area (Å²) in [5.74, 6) is 0.560. The Morgan fingerprint density at radius 2 is 1.55 bits per heavy atom. The number of carbonyl (C=O) groups excluding carboxylic acids is 1. The van der Waals surface area contributed by atoms with E-state index in [0.717, 1.165) is 21.2 Å². The molecule has 9 heteroatoms. The Balaban J connectivity index is 1.43. The van der Waals surface area contributed by atoms with Gasteiger partial charge >= 0.3 is 0 Å². The fourth-order valence-corrected chi connectivity index (χ4v) is 6.98. The van der Waals surface area contributed by atoms with Gasteiger partial charge in [0.25, 0.3) is 5.91 Å². The Bertz CT molecular complexity index is 1870. The molecule has 2 N–H and O–H groups in total. The first-order valence-electron chi connectivity index (χ1n) is 16.0. The molecule has 0 saturated heterocycles. The lowest BCUT2D eigenvalue weighted by molar-refractivity contribution is -0.129. The van der Waals surface area contributed by atoms with E-state index in [9.17, 15) is 4.79 Å². The number of aliphatic imine (C=N–C) groups is 1. The molecule has 0 unspecified atom stereocenters. The van der Waals surface area contributed by atoms with E-state index in [0.29, 0.717) is 52.4 Å². The molecule has 6 rings (SSSR count). The summed E-state index contributed by atoms with van der Waals surface area (Å²) in [6.07, 6.45) is -0.132. The van der Waals surface area contributed by atoms with Crippen molar-refractivity contribution in [2.75, 3.05) is 19.8 Å². The molecule has 2 atom stereocenters. The van der Waals surface area contributed by atoms with E-state index in [-0.39, 0.29) is 24.9 Å². The number of nitrogens with one attached hydrogen (secondary N) is 1. The first-order chi connectivity index (χ1) is 23.9. The number of hydrogen-bond donors (Lipinski definition) is 2. The zero-order chi connectivity index (χ0) is 34.2. The molecule has 1 aliphatic heterocycles. The number of aliphatic hydroxyl groups is 1. The van der Waals surface area contributed by atoms with Crippen molar-refractivity contribution in [3.63, 3.8) is 0 Å². The zero-order valence-corrected chi connectivity index (χ0v) is 29.7. The molecule has 250 valence electrons. The summed E-state index contributed by atoms with van der Waals surface area (Å²) in [6.45, 7) is 0.777. The highest BCUT2D eigenvalue weighted by molar-refractivity contribution is 9.10. The molecule has 0 radical (unpaired) electrons. The second-order valence-corrected chi connectivity index (χ2v) is 13.5. The summed E-state index contributed by atoms with van der Waals surface area (Å²) in [5, 5.41) is 13.3. The number of rotatable bonds is 13. The van der Waals surface area contributed by atoms with Crippen LogP contribution < -0.4 is 10.1 Å². The van der Waals surface area contributed by atoms with Gasteiger partial charge in [0.15, 0.2) is 11.6 Å². The molecular formula is C40H35BrCl2N2O4. The van der Waals surface area contributed by atoms with Gasteiger partial charge in [-0.05, 0) is 59.2 Å². The number of nitrogens with zero attached hydrogens (tertiary/aromatic N) is 1. The van der Waals surface area contributed by atoms with Crippen LogP contribution in [-0.2, 0) is 16.0 Å². The monoisotopic (exact) mass is 756 g/mol. The number of benzene rings is 5. The second-order valence-electron chi connectivity index (χ2n) is 11.8. The Labute approximate surface area is 304 Å². The van der Waals surface area contributed by atoms with E-state index >= 15 is 0 Å². The van der Waals surface area contributed by atoms with Crippen LogP contribution in [0.25, 0.3) is 0 Å². The molecule has 6 nitrogen and oxygen atoms in total. The van der Waals surface area contributed by atoms with Crippen molar-refractivity contribution in [1.82, 2.24) is 5.32 Å². The third-order valence-corrected chi connectivity index (χ3v) is 9.90. The molecule has 0 spiro atoms. The largest absolute Gasteiger partial charge is 0.494 e. The highest BCUT2D eigenvalue weighted by Gasteiger charge is 2.54. The molecular weight excluding hydrogens is 723 g/mol. The van der Waals surface area contributed by atoms with Crippen molar-refractivity contribution >= 4 is 50.9 Å². The maximum Gasteiger partial charge on any atom is 0.252 e. The predicted octanol–water partition coefficient (Wildman–Crippen LogP) is 8.96. The van der Waals surface area contributed by atoms with Crippen molar-refractivity contribution in [1.29, 1.82) is 0 Å². The number of hydrogen-bond acceptors (Lipinski definition) is 5. The average molecular weight is 759 g/mol. The fraction of sp³-hybridized carbons (Fsp3) is 0.200. The summed E-state index contributed by atoms with van der Waals surface area (Å²) >= 11 is 16.9. The van der Waals surface area contributed by atoms with E-state index in [4.69, 9.17) is 42.8 Å². The lowest BCUT2D eigenvalue weighted by atomic mass is 9.81. The van der Waals surface area contributed by atoms with E-state index < -0.39 is 11.6 Å². The van der Waals surface area contributed by atoms with Crippen LogP contribution in [0.1, 0.15) is 46.3 Å². The minimum absolute atomic E-state index is 0.0521. The van der Waals surface area contributed by atoms with Gasteiger partial charge in [-0.3, -0.25) is 4.79 Å². The number of ether oxygens (including phenoxy) is 2. The Morgan fingerprint density at radius 3 is 2.18 bits per heavy atom. The maximum atomic E-state index is 15.0. The standard InChI is InChI=1S/C40H35BrCl2N2O4/c41-35-15-8-7-14-30(35)25-40(39(47)44-26-34(27-10-3-1-4-11-27)28-12-5-2-6-13-28)37(33-21-18-31(42)24-36(33)43)49-38(45-40)29-16-19-32(20-17-29)48-23-9-22-46/h1-8,10-21,24,34,37,46H,9,22-23,25-26H2,(H,44,47)/t37-,40-/m1/s1. The highest BCUT2D eigenvalue weighted by atomic mass is 79.9. The molecule has 1 amide bonds. The quantitative estimate of drug-likeness (QED) is 0.118. The van der Waals surface area contributed by atoms with E-state index in [2.05, 4.69) is 45.5 Å². The molecule has 49 heavy (non-hydrogen) atoms. The fourth-order valence-electron chi connectivity index (χ4n) is 6.05. The molecule has 5 aromatic carbocycles. The predicted molar refractivity (Wildman–Crippen MR) is 199 cm³/mol. The third-order valence-electron chi connectivity index (χ3n) is 8.56. The van der Waals surface area contributed by atoms with Gasteiger partial charge in [-0.2, -0.15) is 0 Å². The second kappa shape index (κ2) is 16.0. The summed E-state index contributed by atoms with van der Waals surface area (Å²) in [7, 11) is 0. The van der Waals surface area contributed by atoms with Gasteiger partial charge in [0.2, 0.25) is 5.90 Å². The molecule has 1 heterocycles. The molecule has 5 aromatic rings. The summed E-state index contributed by atoms with van der Waals surface area (Å²) in [5.41, 5.74) is 2.87. The van der Waals surface area contributed by atoms with Crippen molar-refractivity contribution < 1.29 is 19.4 Å². The smallest absolute Gasteiger partial charge is 0.252 e. The molecule has 0 aliphatic carbocycles. The number of amides is 1. The van der Waals surface area contributed by atoms with Gasteiger partial charge in [-0.1, -0.05) is 124 Å². The van der Waals surface area contributed by atoms with Crippen LogP contribution in [0.5, 0.6) is 5.75 Å². The van der Waals surface area contributed by atoms with Gasteiger partial charge in [0.1, 0.15) is 5.75 Å². The minimum Gasteiger partial charge on any atom is -0.494 e. The number of carbonyl (C=O) groups is 1. The van der Waals surface area contributed by atoms with Crippen LogP contribution in [0.15, 0.2) is 137 Å². The van der Waals surface area contributed by atoms with Crippen LogP contribution in [0.3, 0.4) is 0 Å². The molecule has 1 aliphatic rings. The van der Waals surface area contributed by atoms with Crippen LogP contribution in [-0.4, -0.2) is 42.2 Å². The lowest BCUT2D eigenvalue weighted by Gasteiger charge is -2.32. The van der Waals surface area contributed by atoms with E-state index in [1.165, 1.54) is 0 Å². The first-order valence-corrected chi connectivity index (χ1v) is 17.6. The zero-order valence-electron chi connectivity index (χ0n) is 26.6. The van der Waals surface area contributed by atoms with E-state index in [1.54, 1.807) is 18.2 Å².